The molecule has 19 heavy (non-hydrogen) atoms. The predicted octanol–water partition coefficient (Wildman–Crippen LogP) is 4.54. The van der Waals surface area contributed by atoms with Gasteiger partial charge in [-0.3, -0.25) is 0 Å². The summed E-state index contributed by atoms with van der Waals surface area (Å²) in [6.45, 7) is 5.29. The first-order valence-corrected chi connectivity index (χ1v) is 7.07. The topological polar surface area (TPSA) is 12.0 Å². The number of benzene rings is 2. The largest absolute Gasteiger partial charge is 0.310 e. The van der Waals surface area contributed by atoms with Crippen LogP contribution in [-0.4, -0.2) is 6.54 Å². The van der Waals surface area contributed by atoms with Gasteiger partial charge in [-0.05, 0) is 50.1 Å². The Morgan fingerprint density at radius 1 is 1.11 bits per heavy atom. The van der Waals surface area contributed by atoms with Gasteiger partial charge < -0.3 is 5.32 Å². The lowest BCUT2D eigenvalue weighted by Crippen LogP contribution is -2.21. The van der Waals surface area contributed by atoms with E-state index in [2.05, 4.69) is 55.6 Å². The first-order chi connectivity index (χ1) is 9.15. The first kappa shape index (κ1) is 14.1. The minimum atomic E-state index is 0.349. The molecule has 2 rings (SSSR count). The zero-order valence-electron chi connectivity index (χ0n) is 11.5. The summed E-state index contributed by atoms with van der Waals surface area (Å²) in [5.41, 5.74) is 3.98. The second-order valence-corrected chi connectivity index (χ2v) is 5.40. The van der Waals surface area contributed by atoms with Crippen molar-refractivity contribution in [3.63, 3.8) is 0 Å². The lowest BCUT2D eigenvalue weighted by Gasteiger charge is -2.14. The second-order valence-electron chi connectivity index (χ2n) is 4.97. The summed E-state index contributed by atoms with van der Waals surface area (Å²) in [4.78, 5) is 0. The summed E-state index contributed by atoms with van der Waals surface area (Å²) < 4.78 is 0. The second kappa shape index (κ2) is 6.74. The normalized spacial score (nSPS) is 12.4. The summed E-state index contributed by atoms with van der Waals surface area (Å²) >= 11 is 5.90. The summed E-state index contributed by atoms with van der Waals surface area (Å²) in [5, 5.41) is 4.33. The van der Waals surface area contributed by atoms with Gasteiger partial charge in [-0.25, -0.2) is 0 Å². The standard InChI is InChI=1S/C17H20ClN/c1-13-4-3-5-15(12-13)10-11-19-14(2)16-6-8-17(18)9-7-16/h3-9,12,14,19H,10-11H2,1-2H3. The van der Waals surface area contributed by atoms with E-state index in [1.54, 1.807) is 0 Å². The van der Waals surface area contributed by atoms with E-state index in [9.17, 15) is 0 Å². The highest BCUT2D eigenvalue weighted by atomic mass is 35.5. The van der Waals surface area contributed by atoms with Crippen LogP contribution in [-0.2, 0) is 6.42 Å². The molecule has 0 saturated carbocycles. The molecule has 1 atom stereocenters. The molecule has 2 aromatic rings. The number of nitrogens with one attached hydrogen (secondary N) is 1. The molecule has 0 heterocycles. The smallest absolute Gasteiger partial charge is 0.0406 e. The molecule has 100 valence electrons. The molecule has 2 heteroatoms. The Balaban J connectivity index is 1.84. The lowest BCUT2D eigenvalue weighted by molar-refractivity contribution is 0.577. The van der Waals surface area contributed by atoms with Gasteiger partial charge in [0.25, 0.3) is 0 Å². The Morgan fingerprint density at radius 2 is 1.84 bits per heavy atom. The van der Waals surface area contributed by atoms with Crippen LogP contribution >= 0.6 is 11.6 Å². The first-order valence-electron chi connectivity index (χ1n) is 6.69. The van der Waals surface area contributed by atoms with Crippen molar-refractivity contribution >= 4 is 11.6 Å². The molecule has 1 nitrogen and oxygen atoms in total. The highest BCUT2D eigenvalue weighted by Crippen LogP contribution is 2.16. The molecule has 0 aromatic heterocycles. The van der Waals surface area contributed by atoms with Crippen LogP contribution in [0.2, 0.25) is 5.02 Å². The highest BCUT2D eigenvalue weighted by molar-refractivity contribution is 6.30. The Labute approximate surface area is 120 Å². The Kier molecular flexibility index (Phi) is 5.00. The third-order valence-corrected chi connectivity index (χ3v) is 3.57. The SMILES string of the molecule is Cc1cccc(CCNC(C)c2ccc(Cl)cc2)c1. The monoisotopic (exact) mass is 273 g/mol. The number of rotatable bonds is 5. The molecular formula is C17H20ClN. The quantitative estimate of drug-likeness (QED) is 0.843. The van der Waals surface area contributed by atoms with Gasteiger partial charge in [0.15, 0.2) is 0 Å². The average molecular weight is 274 g/mol. The zero-order chi connectivity index (χ0) is 13.7. The number of hydrogen-bond acceptors (Lipinski definition) is 1. The average Bonchev–Trinajstić information content (AvgIpc) is 2.39. The van der Waals surface area contributed by atoms with Crippen LogP contribution in [0.3, 0.4) is 0 Å². The molecular weight excluding hydrogens is 254 g/mol. The van der Waals surface area contributed by atoms with Gasteiger partial charge in [0.05, 0.1) is 0 Å². The molecule has 1 unspecified atom stereocenters. The van der Waals surface area contributed by atoms with E-state index >= 15 is 0 Å². The minimum Gasteiger partial charge on any atom is -0.310 e. The molecule has 0 aliphatic heterocycles. The predicted molar refractivity (Wildman–Crippen MR) is 82.8 cm³/mol. The van der Waals surface area contributed by atoms with Crippen molar-refractivity contribution in [3.8, 4) is 0 Å². The lowest BCUT2D eigenvalue weighted by atomic mass is 10.1. The maximum absolute atomic E-state index is 5.90. The van der Waals surface area contributed by atoms with Crippen molar-refractivity contribution in [2.75, 3.05) is 6.54 Å². The molecule has 0 saturated heterocycles. The van der Waals surface area contributed by atoms with Crippen LogP contribution in [0.25, 0.3) is 0 Å². The Hall–Kier alpha value is -1.31. The number of halogens is 1. The van der Waals surface area contributed by atoms with E-state index < -0.39 is 0 Å². The summed E-state index contributed by atoms with van der Waals surface area (Å²) in [6, 6.07) is 17.1. The van der Waals surface area contributed by atoms with Crippen molar-refractivity contribution in [2.45, 2.75) is 26.3 Å². The molecule has 0 amide bonds. The van der Waals surface area contributed by atoms with Gasteiger partial charge in [0.1, 0.15) is 0 Å². The van der Waals surface area contributed by atoms with E-state index in [-0.39, 0.29) is 0 Å². The van der Waals surface area contributed by atoms with Crippen LogP contribution in [0.4, 0.5) is 0 Å². The molecule has 0 aliphatic rings. The summed E-state index contributed by atoms with van der Waals surface area (Å²) in [5.74, 6) is 0. The number of hydrogen-bond donors (Lipinski definition) is 1. The van der Waals surface area contributed by atoms with Gasteiger partial charge in [-0.1, -0.05) is 53.6 Å². The maximum atomic E-state index is 5.90. The Morgan fingerprint density at radius 3 is 2.53 bits per heavy atom. The van der Waals surface area contributed by atoms with E-state index in [0.717, 1.165) is 18.0 Å². The van der Waals surface area contributed by atoms with Crippen LogP contribution in [0.5, 0.6) is 0 Å². The Bertz CT molecular complexity index is 519. The fraction of sp³-hybridized carbons (Fsp3) is 0.294. The third kappa shape index (κ3) is 4.38. The third-order valence-electron chi connectivity index (χ3n) is 3.32. The van der Waals surface area contributed by atoms with E-state index in [1.165, 1.54) is 16.7 Å². The van der Waals surface area contributed by atoms with E-state index in [4.69, 9.17) is 11.6 Å². The summed E-state index contributed by atoms with van der Waals surface area (Å²) in [6.07, 6.45) is 1.06. The van der Waals surface area contributed by atoms with Gasteiger partial charge in [0.2, 0.25) is 0 Å². The number of aryl methyl sites for hydroxylation is 1. The van der Waals surface area contributed by atoms with Crippen molar-refractivity contribution in [2.24, 2.45) is 0 Å². The highest BCUT2D eigenvalue weighted by Gasteiger charge is 2.04. The summed E-state index contributed by atoms with van der Waals surface area (Å²) in [7, 11) is 0. The van der Waals surface area contributed by atoms with E-state index in [0.29, 0.717) is 6.04 Å². The van der Waals surface area contributed by atoms with Gasteiger partial charge in [0, 0.05) is 11.1 Å². The zero-order valence-corrected chi connectivity index (χ0v) is 12.2. The fourth-order valence-electron chi connectivity index (χ4n) is 2.17. The molecule has 0 radical (unpaired) electrons. The van der Waals surface area contributed by atoms with Crippen LogP contribution in [0, 0.1) is 6.92 Å². The van der Waals surface area contributed by atoms with E-state index in [1.807, 2.05) is 12.1 Å². The van der Waals surface area contributed by atoms with Gasteiger partial charge >= 0.3 is 0 Å². The van der Waals surface area contributed by atoms with Crippen LogP contribution < -0.4 is 5.32 Å². The van der Waals surface area contributed by atoms with Crippen molar-refractivity contribution in [3.05, 3.63) is 70.2 Å². The van der Waals surface area contributed by atoms with Crippen LogP contribution in [0.1, 0.15) is 29.7 Å². The van der Waals surface area contributed by atoms with Crippen molar-refractivity contribution < 1.29 is 0 Å². The van der Waals surface area contributed by atoms with Crippen molar-refractivity contribution in [1.29, 1.82) is 0 Å². The van der Waals surface area contributed by atoms with Crippen LogP contribution in [0.15, 0.2) is 48.5 Å². The molecule has 2 aromatic carbocycles. The fourth-order valence-corrected chi connectivity index (χ4v) is 2.30. The minimum absolute atomic E-state index is 0.349. The molecule has 0 spiro atoms. The molecule has 1 N–H and O–H groups in total. The van der Waals surface area contributed by atoms with Crippen molar-refractivity contribution in [1.82, 2.24) is 5.32 Å². The molecule has 0 bridgehead atoms. The van der Waals surface area contributed by atoms with Gasteiger partial charge in [-0.15, -0.1) is 0 Å². The molecule has 0 fully saturated rings. The molecule has 0 aliphatic carbocycles. The van der Waals surface area contributed by atoms with Gasteiger partial charge in [-0.2, -0.15) is 0 Å². The maximum Gasteiger partial charge on any atom is 0.0406 e.